The summed E-state index contributed by atoms with van der Waals surface area (Å²) in [6, 6.07) is 9.52. The van der Waals surface area contributed by atoms with E-state index in [2.05, 4.69) is 10.3 Å². The van der Waals surface area contributed by atoms with Crippen molar-refractivity contribution in [2.24, 2.45) is 0 Å². The zero-order valence-corrected chi connectivity index (χ0v) is 10.5. The molecule has 0 atom stereocenters. The SMILES string of the molecule is C/C=C(/CC)C(=O)c1cnnn1-c1ccccc1. The van der Waals surface area contributed by atoms with Gasteiger partial charge in [-0.15, -0.1) is 5.10 Å². The summed E-state index contributed by atoms with van der Waals surface area (Å²) in [7, 11) is 0. The van der Waals surface area contributed by atoms with Crippen molar-refractivity contribution in [1.82, 2.24) is 15.0 Å². The first-order valence-electron chi connectivity index (χ1n) is 5.94. The van der Waals surface area contributed by atoms with Crippen LogP contribution in [0.25, 0.3) is 5.69 Å². The van der Waals surface area contributed by atoms with Gasteiger partial charge in [0.25, 0.3) is 0 Å². The summed E-state index contributed by atoms with van der Waals surface area (Å²) >= 11 is 0. The minimum absolute atomic E-state index is 0.0196. The van der Waals surface area contributed by atoms with E-state index in [9.17, 15) is 4.79 Å². The van der Waals surface area contributed by atoms with Crippen molar-refractivity contribution in [2.75, 3.05) is 0 Å². The number of ketones is 1. The van der Waals surface area contributed by atoms with Crippen LogP contribution < -0.4 is 0 Å². The summed E-state index contributed by atoms with van der Waals surface area (Å²) in [5.74, 6) is -0.0196. The lowest BCUT2D eigenvalue weighted by Crippen LogP contribution is -2.10. The van der Waals surface area contributed by atoms with Gasteiger partial charge in [0.15, 0.2) is 0 Å². The molecule has 1 aromatic heterocycles. The van der Waals surface area contributed by atoms with Crippen molar-refractivity contribution in [2.45, 2.75) is 20.3 Å². The molecule has 0 saturated carbocycles. The fourth-order valence-electron chi connectivity index (χ4n) is 1.81. The Balaban J connectivity index is 2.43. The van der Waals surface area contributed by atoms with E-state index in [1.54, 1.807) is 4.68 Å². The number of hydrogen-bond donors (Lipinski definition) is 0. The number of Topliss-reactive ketones (excluding diaryl/α,β-unsaturated/α-hetero) is 1. The molecule has 2 rings (SSSR count). The molecular weight excluding hydrogens is 226 g/mol. The van der Waals surface area contributed by atoms with Crippen molar-refractivity contribution < 1.29 is 4.79 Å². The first kappa shape index (κ1) is 12.2. The number of allylic oxidation sites excluding steroid dienone is 2. The molecule has 1 aromatic carbocycles. The molecule has 0 unspecified atom stereocenters. The van der Waals surface area contributed by atoms with Gasteiger partial charge < -0.3 is 0 Å². The van der Waals surface area contributed by atoms with Crippen LogP contribution in [0.4, 0.5) is 0 Å². The number of rotatable bonds is 4. The van der Waals surface area contributed by atoms with Gasteiger partial charge in [-0.2, -0.15) is 0 Å². The molecule has 0 spiro atoms. The van der Waals surface area contributed by atoms with Crippen molar-refractivity contribution in [3.05, 3.63) is 53.9 Å². The van der Waals surface area contributed by atoms with E-state index in [1.807, 2.05) is 50.3 Å². The lowest BCUT2D eigenvalue weighted by atomic mass is 10.1. The lowest BCUT2D eigenvalue weighted by Gasteiger charge is -2.06. The quantitative estimate of drug-likeness (QED) is 0.611. The number of carbonyl (C=O) groups is 1. The topological polar surface area (TPSA) is 47.8 Å². The molecule has 92 valence electrons. The molecular formula is C14H15N3O. The summed E-state index contributed by atoms with van der Waals surface area (Å²) in [5.41, 5.74) is 2.11. The summed E-state index contributed by atoms with van der Waals surface area (Å²) in [6.07, 6.45) is 4.05. The summed E-state index contributed by atoms with van der Waals surface area (Å²) in [6.45, 7) is 3.83. The third kappa shape index (κ3) is 2.22. The van der Waals surface area contributed by atoms with Gasteiger partial charge in [0, 0.05) is 0 Å². The average molecular weight is 241 g/mol. The van der Waals surface area contributed by atoms with E-state index in [0.29, 0.717) is 12.1 Å². The van der Waals surface area contributed by atoms with Crippen LogP contribution in [0.5, 0.6) is 0 Å². The van der Waals surface area contributed by atoms with Crippen molar-refractivity contribution in [1.29, 1.82) is 0 Å². The predicted octanol–water partition coefficient (Wildman–Crippen LogP) is 2.81. The molecule has 0 aliphatic rings. The van der Waals surface area contributed by atoms with Gasteiger partial charge in [-0.05, 0) is 31.1 Å². The number of aromatic nitrogens is 3. The second-order valence-electron chi connectivity index (χ2n) is 3.86. The van der Waals surface area contributed by atoms with E-state index in [1.165, 1.54) is 6.20 Å². The van der Waals surface area contributed by atoms with Crippen LogP contribution in [0.2, 0.25) is 0 Å². The Morgan fingerprint density at radius 2 is 2.06 bits per heavy atom. The monoisotopic (exact) mass is 241 g/mol. The molecule has 0 amide bonds. The Kier molecular flexibility index (Phi) is 3.67. The second-order valence-corrected chi connectivity index (χ2v) is 3.86. The van der Waals surface area contributed by atoms with Crippen molar-refractivity contribution in [3.63, 3.8) is 0 Å². The minimum Gasteiger partial charge on any atom is -0.287 e. The van der Waals surface area contributed by atoms with Gasteiger partial charge in [0.2, 0.25) is 5.78 Å². The first-order valence-corrected chi connectivity index (χ1v) is 5.94. The van der Waals surface area contributed by atoms with E-state index in [0.717, 1.165) is 11.3 Å². The molecule has 0 fully saturated rings. The van der Waals surface area contributed by atoms with Gasteiger partial charge in [-0.25, -0.2) is 4.68 Å². The highest BCUT2D eigenvalue weighted by Gasteiger charge is 2.16. The maximum atomic E-state index is 12.3. The number of benzene rings is 1. The molecule has 2 aromatic rings. The van der Waals surface area contributed by atoms with Gasteiger partial charge in [0.05, 0.1) is 11.9 Å². The molecule has 0 bridgehead atoms. The fraction of sp³-hybridized carbons (Fsp3) is 0.214. The summed E-state index contributed by atoms with van der Waals surface area (Å²) in [5, 5.41) is 7.81. The van der Waals surface area contributed by atoms with Crippen LogP contribution in [-0.4, -0.2) is 20.8 Å². The van der Waals surface area contributed by atoms with Crippen LogP contribution in [0, 0.1) is 0 Å². The van der Waals surface area contributed by atoms with E-state index < -0.39 is 0 Å². The van der Waals surface area contributed by atoms with Crippen LogP contribution in [0.1, 0.15) is 30.8 Å². The molecule has 4 heteroatoms. The number of nitrogens with zero attached hydrogens (tertiary/aromatic N) is 3. The summed E-state index contributed by atoms with van der Waals surface area (Å²) in [4.78, 5) is 12.3. The highest BCUT2D eigenvalue weighted by Crippen LogP contribution is 2.14. The third-order valence-electron chi connectivity index (χ3n) is 2.80. The Morgan fingerprint density at radius 1 is 1.33 bits per heavy atom. The molecule has 4 nitrogen and oxygen atoms in total. The van der Waals surface area contributed by atoms with Crippen LogP contribution >= 0.6 is 0 Å². The van der Waals surface area contributed by atoms with Gasteiger partial charge in [-0.3, -0.25) is 4.79 Å². The number of hydrogen-bond acceptors (Lipinski definition) is 3. The standard InChI is InChI=1S/C14H15N3O/c1-3-11(4-2)14(18)13-10-15-16-17(13)12-8-6-5-7-9-12/h3,5-10H,4H2,1-2H3/b11-3-. The Labute approximate surface area is 106 Å². The summed E-state index contributed by atoms with van der Waals surface area (Å²) < 4.78 is 1.57. The Bertz CT molecular complexity index is 570. The average Bonchev–Trinajstić information content (AvgIpc) is 2.90. The number of carbonyl (C=O) groups excluding carboxylic acids is 1. The first-order chi connectivity index (χ1) is 8.77. The van der Waals surface area contributed by atoms with E-state index in [-0.39, 0.29) is 5.78 Å². The lowest BCUT2D eigenvalue weighted by molar-refractivity contribution is 0.102. The molecule has 1 heterocycles. The highest BCUT2D eigenvalue weighted by atomic mass is 16.1. The minimum atomic E-state index is -0.0196. The van der Waals surface area contributed by atoms with Crippen LogP contribution in [0.15, 0.2) is 48.2 Å². The fourth-order valence-corrected chi connectivity index (χ4v) is 1.81. The molecule has 18 heavy (non-hydrogen) atoms. The maximum absolute atomic E-state index is 12.3. The predicted molar refractivity (Wildman–Crippen MR) is 69.7 cm³/mol. The smallest absolute Gasteiger partial charge is 0.208 e. The third-order valence-corrected chi connectivity index (χ3v) is 2.80. The van der Waals surface area contributed by atoms with Crippen LogP contribution in [-0.2, 0) is 0 Å². The molecule has 0 aliphatic heterocycles. The van der Waals surface area contributed by atoms with Crippen molar-refractivity contribution in [3.8, 4) is 5.69 Å². The van der Waals surface area contributed by atoms with Gasteiger partial charge in [0.1, 0.15) is 5.69 Å². The zero-order chi connectivity index (χ0) is 13.0. The normalized spacial score (nSPS) is 11.6. The van der Waals surface area contributed by atoms with E-state index in [4.69, 9.17) is 0 Å². The molecule has 0 saturated heterocycles. The molecule has 0 radical (unpaired) electrons. The molecule has 0 N–H and O–H groups in total. The maximum Gasteiger partial charge on any atom is 0.208 e. The Hall–Kier alpha value is -2.23. The van der Waals surface area contributed by atoms with Gasteiger partial charge >= 0.3 is 0 Å². The molecule has 0 aliphatic carbocycles. The highest BCUT2D eigenvalue weighted by molar-refractivity contribution is 6.07. The zero-order valence-electron chi connectivity index (χ0n) is 10.5. The second kappa shape index (κ2) is 5.40. The van der Waals surface area contributed by atoms with Crippen LogP contribution in [0.3, 0.4) is 0 Å². The van der Waals surface area contributed by atoms with E-state index >= 15 is 0 Å². The largest absolute Gasteiger partial charge is 0.287 e. The van der Waals surface area contributed by atoms with Gasteiger partial charge in [-0.1, -0.05) is 36.4 Å². The van der Waals surface area contributed by atoms with Crippen molar-refractivity contribution >= 4 is 5.78 Å². The number of para-hydroxylation sites is 1. The Morgan fingerprint density at radius 3 is 2.67 bits per heavy atom.